The summed E-state index contributed by atoms with van der Waals surface area (Å²) in [5.41, 5.74) is 1.59. The van der Waals surface area contributed by atoms with Crippen LogP contribution >= 0.6 is 11.3 Å². The van der Waals surface area contributed by atoms with Gasteiger partial charge in [-0.15, -0.1) is 11.3 Å². The second kappa shape index (κ2) is 7.28. The Morgan fingerprint density at radius 2 is 2.00 bits per heavy atom. The zero-order chi connectivity index (χ0) is 18.1. The predicted molar refractivity (Wildman–Crippen MR) is 103 cm³/mol. The van der Waals surface area contributed by atoms with Crippen molar-refractivity contribution in [2.24, 2.45) is 0 Å². The number of piperazine rings is 1. The summed E-state index contributed by atoms with van der Waals surface area (Å²) in [6.07, 6.45) is -0.358. The molecule has 2 aromatic rings. The third kappa shape index (κ3) is 3.16. The Hall–Kier alpha value is -1.45. The molecule has 0 amide bonds. The van der Waals surface area contributed by atoms with E-state index in [1.807, 2.05) is 29.6 Å². The second-order valence-corrected chi connectivity index (χ2v) is 9.41. The minimum Gasteiger partial charge on any atom is -0.366 e. The molecule has 1 aromatic carbocycles. The van der Waals surface area contributed by atoms with Crippen LogP contribution in [0.25, 0.3) is 0 Å². The highest BCUT2D eigenvalue weighted by atomic mass is 32.2. The molecule has 1 atom stereocenters. The Morgan fingerprint density at radius 1 is 1.23 bits per heavy atom. The molecule has 0 radical (unpaired) electrons. The minimum atomic E-state index is -3.56. The molecule has 1 aromatic heterocycles. The van der Waals surface area contributed by atoms with Gasteiger partial charge >= 0.3 is 0 Å². The van der Waals surface area contributed by atoms with Gasteiger partial charge in [0.15, 0.2) is 0 Å². The highest BCUT2D eigenvalue weighted by molar-refractivity contribution is 7.93. The van der Waals surface area contributed by atoms with E-state index in [2.05, 4.69) is 10.2 Å². The zero-order valence-electron chi connectivity index (χ0n) is 14.7. The largest absolute Gasteiger partial charge is 0.366 e. The van der Waals surface area contributed by atoms with Gasteiger partial charge < -0.3 is 10.1 Å². The van der Waals surface area contributed by atoms with Crippen molar-refractivity contribution >= 4 is 27.0 Å². The molecule has 0 spiro atoms. The number of ether oxygens (including phenoxy) is 1. The van der Waals surface area contributed by atoms with Crippen molar-refractivity contribution in [1.82, 2.24) is 10.2 Å². The number of hydrogen-bond acceptors (Lipinski definition) is 6. The lowest BCUT2D eigenvalue weighted by atomic mass is 10.1. The summed E-state index contributed by atoms with van der Waals surface area (Å²) in [6, 6.07) is 9.29. The monoisotopic (exact) mass is 393 g/mol. The smallest absolute Gasteiger partial charge is 0.265 e. The third-order valence-electron chi connectivity index (χ3n) is 4.99. The highest BCUT2D eigenvalue weighted by Gasteiger charge is 2.36. The Morgan fingerprint density at radius 3 is 2.81 bits per heavy atom. The molecule has 1 saturated heterocycles. The molecule has 3 heterocycles. The maximum atomic E-state index is 13.0. The van der Waals surface area contributed by atoms with Crippen molar-refractivity contribution in [3.63, 3.8) is 0 Å². The second-order valence-electron chi connectivity index (χ2n) is 6.52. The Bertz CT molecular complexity index is 875. The minimum absolute atomic E-state index is 0.355. The van der Waals surface area contributed by atoms with Crippen LogP contribution in [-0.4, -0.2) is 59.7 Å². The van der Waals surface area contributed by atoms with E-state index in [9.17, 15) is 8.42 Å². The molecule has 1 fully saturated rings. The molecular formula is C18H23N3O3S2. The summed E-state index contributed by atoms with van der Waals surface area (Å²) in [6.45, 7) is 5.47. The van der Waals surface area contributed by atoms with Crippen molar-refractivity contribution in [3.05, 3.63) is 46.2 Å². The third-order valence-corrected chi connectivity index (χ3v) is 7.91. The van der Waals surface area contributed by atoms with Gasteiger partial charge in [0.2, 0.25) is 0 Å². The van der Waals surface area contributed by atoms with E-state index < -0.39 is 10.0 Å². The number of rotatable bonds is 4. The molecule has 1 unspecified atom stereocenters. The van der Waals surface area contributed by atoms with Crippen LogP contribution in [0.4, 0.5) is 5.69 Å². The van der Waals surface area contributed by atoms with Gasteiger partial charge in [-0.05, 0) is 17.5 Å². The van der Waals surface area contributed by atoms with Gasteiger partial charge in [-0.2, -0.15) is 0 Å². The van der Waals surface area contributed by atoms with Crippen LogP contribution in [-0.2, 0) is 14.8 Å². The maximum absolute atomic E-state index is 13.0. The first-order chi connectivity index (χ1) is 12.6. The van der Waals surface area contributed by atoms with Crippen LogP contribution in [0.15, 0.2) is 40.6 Å². The first-order valence-electron chi connectivity index (χ1n) is 8.79. The van der Waals surface area contributed by atoms with Crippen LogP contribution < -0.4 is 9.62 Å². The lowest BCUT2D eigenvalue weighted by molar-refractivity contribution is 0.0583. The zero-order valence-corrected chi connectivity index (χ0v) is 16.4. The number of hydrogen-bond donors (Lipinski definition) is 1. The molecule has 2 aliphatic heterocycles. The van der Waals surface area contributed by atoms with E-state index in [0.717, 1.165) is 43.2 Å². The Kier molecular flexibility index (Phi) is 5.02. The van der Waals surface area contributed by atoms with Crippen LogP contribution in [0, 0.1) is 0 Å². The fourth-order valence-electron chi connectivity index (χ4n) is 3.53. The lowest BCUT2D eigenvalue weighted by Gasteiger charge is -2.28. The van der Waals surface area contributed by atoms with E-state index in [1.165, 1.54) is 15.6 Å². The van der Waals surface area contributed by atoms with E-state index in [-0.39, 0.29) is 6.10 Å². The van der Waals surface area contributed by atoms with Crippen molar-refractivity contribution in [2.45, 2.75) is 11.0 Å². The number of sulfonamides is 1. The van der Waals surface area contributed by atoms with Crippen LogP contribution in [0.5, 0.6) is 0 Å². The van der Waals surface area contributed by atoms with Crippen molar-refractivity contribution < 1.29 is 13.2 Å². The number of anilines is 1. The molecule has 0 saturated carbocycles. The summed E-state index contributed by atoms with van der Waals surface area (Å²) in [4.78, 5) is 3.49. The number of para-hydroxylation sites is 1. The fraction of sp³-hybridized carbons (Fsp3) is 0.444. The van der Waals surface area contributed by atoms with Gasteiger partial charge in [-0.25, -0.2) is 8.42 Å². The van der Waals surface area contributed by atoms with Gasteiger partial charge in [0.25, 0.3) is 10.0 Å². The molecule has 0 bridgehead atoms. The number of fused-ring (bicyclic) bond motifs is 2. The van der Waals surface area contributed by atoms with Crippen molar-refractivity contribution in [3.8, 4) is 0 Å². The number of nitrogens with one attached hydrogen (secondary N) is 1. The lowest BCUT2D eigenvalue weighted by Crippen LogP contribution is -2.44. The summed E-state index contributed by atoms with van der Waals surface area (Å²) < 4.78 is 33.6. The van der Waals surface area contributed by atoms with Crippen LogP contribution in [0.1, 0.15) is 16.5 Å². The van der Waals surface area contributed by atoms with Gasteiger partial charge in [0.1, 0.15) is 11.0 Å². The number of benzene rings is 1. The van der Waals surface area contributed by atoms with E-state index in [4.69, 9.17) is 4.74 Å². The molecule has 4 rings (SSSR count). The van der Waals surface area contributed by atoms with E-state index in [0.29, 0.717) is 17.2 Å². The summed E-state index contributed by atoms with van der Waals surface area (Å²) in [7, 11) is -1.95. The van der Waals surface area contributed by atoms with E-state index in [1.54, 1.807) is 13.1 Å². The van der Waals surface area contributed by atoms with Gasteiger partial charge in [-0.1, -0.05) is 18.2 Å². The molecule has 140 valence electrons. The summed E-state index contributed by atoms with van der Waals surface area (Å²) in [5, 5.41) is 5.18. The normalized spacial score (nSPS) is 22.5. The molecule has 8 heteroatoms. The number of nitrogens with zero attached hydrogens (tertiary/aromatic N) is 2. The molecule has 2 aliphatic rings. The van der Waals surface area contributed by atoms with Crippen LogP contribution in [0.3, 0.4) is 0 Å². The molecule has 0 aliphatic carbocycles. The topological polar surface area (TPSA) is 61.9 Å². The summed E-state index contributed by atoms with van der Waals surface area (Å²) in [5.74, 6) is 0. The Balaban J connectivity index is 1.64. The van der Waals surface area contributed by atoms with Crippen LogP contribution in [0.2, 0.25) is 0 Å². The first kappa shape index (κ1) is 17.9. The van der Waals surface area contributed by atoms with Gasteiger partial charge in [0, 0.05) is 45.3 Å². The highest BCUT2D eigenvalue weighted by Crippen LogP contribution is 2.44. The number of thiophene rings is 1. The van der Waals surface area contributed by atoms with Crippen molar-refractivity contribution in [1.29, 1.82) is 0 Å². The first-order valence-corrected chi connectivity index (χ1v) is 11.1. The standard InChI is InChI=1S/C18H23N3O3S2/c1-20-15-5-3-2-4-14(15)17(18-16(6-13-25-18)26(20,22)23)24-12-11-21-9-7-19-8-10-21/h2-6,13,17,19H,7-12H2,1H3. The molecule has 6 nitrogen and oxygen atoms in total. The average Bonchev–Trinajstić information content (AvgIpc) is 3.14. The fourth-order valence-corrected chi connectivity index (χ4v) is 6.25. The van der Waals surface area contributed by atoms with Gasteiger partial charge in [0.05, 0.1) is 17.2 Å². The molecule has 1 N–H and O–H groups in total. The van der Waals surface area contributed by atoms with Crippen molar-refractivity contribution in [2.75, 3.05) is 50.7 Å². The van der Waals surface area contributed by atoms with Gasteiger partial charge in [-0.3, -0.25) is 9.21 Å². The van der Waals surface area contributed by atoms with E-state index >= 15 is 0 Å². The molecule has 26 heavy (non-hydrogen) atoms. The summed E-state index contributed by atoms with van der Waals surface area (Å²) >= 11 is 1.45. The maximum Gasteiger partial charge on any atom is 0.265 e. The predicted octanol–water partition coefficient (Wildman–Crippen LogP) is 1.90. The quantitative estimate of drug-likeness (QED) is 0.860. The molecular weight excluding hydrogens is 370 g/mol. The average molecular weight is 394 g/mol. The Labute approximate surface area is 158 Å². The SMILES string of the molecule is CN1c2ccccc2C(OCCN2CCNCC2)c2sccc2S1(=O)=O.